The first kappa shape index (κ1) is 16.6. The van der Waals surface area contributed by atoms with Gasteiger partial charge in [-0.3, -0.25) is 0 Å². The van der Waals surface area contributed by atoms with E-state index in [0.29, 0.717) is 0 Å². The van der Waals surface area contributed by atoms with Crippen molar-refractivity contribution in [2.45, 2.75) is 25.5 Å². The molecule has 0 aromatic heterocycles. The van der Waals surface area contributed by atoms with Crippen LogP contribution in [0.2, 0.25) is 0 Å². The summed E-state index contributed by atoms with van der Waals surface area (Å²) in [5.41, 5.74) is 2.10. The van der Waals surface area contributed by atoms with Crippen LogP contribution in [0.15, 0.2) is 27.1 Å². The first-order valence-corrected chi connectivity index (χ1v) is 8.86. The van der Waals surface area contributed by atoms with Gasteiger partial charge in [-0.25, -0.2) is 4.21 Å². The van der Waals surface area contributed by atoms with Crippen molar-refractivity contribution in [1.82, 2.24) is 0 Å². The Labute approximate surface area is 137 Å². The van der Waals surface area contributed by atoms with Crippen LogP contribution in [0.5, 0.6) is 0 Å². The van der Waals surface area contributed by atoms with E-state index < -0.39 is 11.0 Å². The molecular formula is C15H21BrN2O2S. The van der Waals surface area contributed by atoms with Crippen LogP contribution in [0.25, 0.3) is 0 Å². The summed E-state index contributed by atoms with van der Waals surface area (Å²) in [4.78, 5) is 2.29. The zero-order valence-electron chi connectivity index (χ0n) is 12.6. The molecule has 1 fully saturated rings. The molecule has 0 N–H and O–H groups in total. The summed E-state index contributed by atoms with van der Waals surface area (Å²) in [7, 11) is -1.23. The van der Waals surface area contributed by atoms with Crippen LogP contribution in [0.4, 0.5) is 5.69 Å². The normalized spacial score (nSPS) is 18.2. The van der Waals surface area contributed by atoms with Gasteiger partial charge < -0.3 is 9.64 Å². The van der Waals surface area contributed by atoms with E-state index in [2.05, 4.69) is 37.4 Å². The van der Waals surface area contributed by atoms with Crippen molar-refractivity contribution < 1.29 is 8.95 Å². The van der Waals surface area contributed by atoms with Crippen LogP contribution in [-0.2, 0) is 15.7 Å². The molecular weight excluding hydrogens is 352 g/mol. The van der Waals surface area contributed by atoms with Crippen LogP contribution in [0.3, 0.4) is 0 Å². The van der Waals surface area contributed by atoms with E-state index in [1.165, 1.54) is 5.69 Å². The molecule has 1 aromatic carbocycles. The number of halogens is 1. The number of ether oxygens (including phenoxy) is 1. The van der Waals surface area contributed by atoms with Crippen LogP contribution in [-0.4, -0.2) is 41.5 Å². The maximum atomic E-state index is 11.9. The van der Waals surface area contributed by atoms with Crippen LogP contribution in [0, 0.1) is 0 Å². The summed E-state index contributed by atoms with van der Waals surface area (Å²) < 4.78 is 22.1. The molecule has 116 valence electrons. The quantitative estimate of drug-likeness (QED) is 0.765. The van der Waals surface area contributed by atoms with Gasteiger partial charge in [0, 0.05) is 35.0 Å². The fourth-order valence-electron chi connectivity index (χ4n) is 1.90. The van der Waals surface area contributed by atoms with Gasteiger partial charge in [0.1, 0.15) is 11.0 Å². The van der Waals surface area contributed by atoms with Crippen LogP contribution < -0.4 is 4.90 Å². The Kier molecular flexibility index (Phi) is 5.57. The summed E-state index contributed by atoms with van der Waals surface area (Å²) in [6.07, 6.45) is 1.68. The zero-order valence-corrected chi connectivity index (χ0v) is 15.0. The van der Waals surface area contributed by atoms with Gasteiger partial charge in [-0.05, 0) is 32.9 Å². The number of hydrogen-bond acceptors (Lipinski definition) is 3. The van der Waals surface area contributed by atoms with Gasteiger partial charge in [0.25, 0.3) is 0 Å². The van der Waals surface area contributed by atoms with Gasteiger partial charge in [0.15, 0.2) is 0 Å². The SMILES string of the molecule is CC(C)(C)[S@](=O)N=Cc1ccc(N2CCOCC2)cc1Br. The second kappa shape index (κ2) is 7.03. The molecule has 1 saturated heterocycles. The van der Waals surface area contributed by atoms with E-state index in [4.69, 9.17) is 4.74 Å². The van der Waals surface area contributed by atoms with E-state index in [0.717, 1.165) is 36.3 Å². The van der Waals surface area contributed by atoms with E-state index in [1.807, 2.05) is 26.8 Å². The fourth-order valence-corrected chi connectivity index (χ4v) is 2.90. The second-order valence-corrected chi connectivity index (χ2v) is 8.69. The maximum Gasteiger partial charge on any atom is 0.144 e. The highest BCUT2D eigenvalue weighted by Crippen LogP contribution is 2.24. The van der Waals surface area contributed by atoms with Crippen molar-refractivity contribution in [2.75, 3.05) is 31.2 Å². The number of nitrogens with zero attached hydrogens (tertiary/aromatic N) is 2. The minimum atomic E-state index is -1.23. The fraction of sp³-hybridized carbons (Fsp3) is 0.533. The lowest BCUT2D eigenvalue weighted by Gasteiger charge is -2.29. The molecule has 1 aliphatic heterocycles. The number of morpholine rings is 1. The highest BCUT2D eigenvalue weighted by atomic mass is 79.9. The lowest BCUT2D eigenvalue weighted by Crippen LogP contribution is -2.36. The monoisotopic (exact) mass is 372 g/mol. The molecule has 0 bridgehead atoms. The Morgan fingerprint density at radius 3 is 2.57 bits per heavy atom. The molecule has 0 amide bonds. The third-order valence-corrected chi connectivity index (χ3v) is 5.20. The second-order valence-electron chi connectivity index (χ2n) is 5.90. The molecule has 1 aliphatic rings. The Bertz CT molecular complexity index is 549. The Morgan fingerprint density at radius 1 is 1.33 bits per heavy atom. The third kappa shape index (κ3) is 4.63. The lowest BCUT2D eigenvalue weighted by molar-refractivity contribution is 0.122. The van der Waals surface area contributed by atoms with Gasteiger partial charge in [-0.15, -0.1) is 0 Å². The van der Waals surface area contributed by atoms with Gasteiger partial charge >= 0.3 is 0 Å². The molecule has 1 aromatic rings. The van der Waals surface area contributed by atoms with Crippen LogP contribution in [0.1, 0.15) is 26.3 Å². The van der Waals surface area contributed by atoms with Crippen molar-refractivity contribution in [3.8, 4) is 0 Å². The average molecular weight is 373 g/mol. The predicted molar refractivity (Wildman–Crippen MR) is 92.7 cm³/mol. The van der Waals surface area contributed by atoms with Crippen molar-refractivity contribution >= 4 is 38.8 Å². The molecule has 21 heavy (non-hydrogen) atoms. The molecule has 4 nitrogen and oxygen atoms in total. The van der Waals surface area contributed by atoms with Gasteiger partial charge in [-0.2, -0.15) is 4.40 Å². The minimum Gasteiger partial charge on any atom is -0.378 e. The van der Waals surface area contributed by atoms with Crippen molar-refractivity contribution in [3.63, 3.8) is 0 Å². The van der Waals surface area contributed by atoms with E-state index >= 15 is 0 Å². The third-order valence-electron chi connectivity index (χ3n) is 3.17. The van der Waals surface area contributed by atoms with Crippen molar-refractivity contribution in [3.05, 3.63) is 28.2 Å². The standard InChI is InChI=1S/C15H21BrN2O2S/c1-15(2,3)21(19)17-11-12-4-5-13(10-14(12)16)18-6-8-20-9-7-18/h4-5,10-11H,6-9H2,1-3H3/t21-/m0/s1. The minimum absolute atomic E-state index is 0.337. The number of benzene rings is 1. The molecule has 6 heteroatoms. The van der Waals surface area contributed by atoms with E-state index in [1.54, 1.807) is 6.21 Å². The van der Waals surface area contributed by atoms with E-state index in [9.17, 15) is 4.21 Å². The summed E-state index contributed by atoms with van der Waals surface area (Å²) in [5.74, 6) is 0. The summed E-state index contributed by atoms with van der Waals surface area (Å²) in [6, 6.07) is 6.14. The van der Waals surface area contributed by atoms with Gasteiger partial charge in [0.2, 0.25) is 0 Å². The number of anilines is 1. The first-order valence-electron chi connectivity index (χ1n) is 6.96. The summed E-state index contributed by atoms with van der Waals surface area (Å²) in [5, 5.41) is 0. The number of hydrogen-bond donors (Lipinski definition) is 0. The highest BCUT2D eigenvalue weighted by molar-refractivity contribution is 9.10. The summed E-state index contributed by atoms with van der Waals surface area (Å²) in [6.45, 7) is 9.10. The van der Waals surface area contributed by atoms with Crippen molar-refractivity contribution in [2.24, 2.45) is 4.40 Å². The molecule has 0 radical (unpaired) electrons. The number of rotatable bonds is 3. The smallest absolute Gasteiger partial charge is 0.144 e. The molecule has 0 aliphatic carbocycles. The Balaban J connectivity index is 2.12. The largest absolute Gasteiger partial charge is 0.378 e. The van der Waals surface area contributed by atoms with Crippen molar-refractivity contribution in [1.29, 1.82) is 0 Å². The average Bonchev–Trinajstić information content (AvgIpc) is 2.45. The van der Waals surface area contributed by atoms with Gasteiger partial charge in [-0.1, -0.05) is 22.0 Å². The molecule has 1 heterocycles. The summed E-state index contributed by atoms with van der Waals surface area (Å²) >= 11 is 3.57. The lowest BCUT2D eigenvalue weighted by atomic mass is 10.2. The first-order chi connectivity index (χ1) is 9.88. The highest BCUT2D eigenvalue weighted by Gasteiger charge is 2.18. The molecule has 0 spiro atoms. The van der Waals surface area contributed by atoms with Gasteiger partial charge in [0.05, 0.1) is 18.0 Å². The maximum absolute atomic E-state index is 11.9. The van der Waals surface area contributed by atoms with E-state index in [-0.39, 0.29) is 4.75 Å². The predicted octanol–water partition coefficient (Wildman–Crippen LogP) is 3.17. The topological polar surface area (TPSA) is 41.9 Å². The van der Waals surface area contributed by atoms with Crippen LogP contribution >= 0.6 is 15.9 Å². The molecule has 0 saturated carbocycles. The Hall–Kier alpha value is -0.720. The Morgan fingerprint density at radius 2 is 2.00 bits per heavy atom. The molecule has 2 rings (SSSR count). The zero-order chi connectivity index (χ0) is 15.5. The molecule has 0 unspecified atom stereocenters. The molecule has 1 atom stereocenters.